The van der Waals surface area contributed by atoms with Crippen LogP contribution in [0.25, 0.3) is 22.0 Å². The van der Waals surface area contributed by atoms with Gasteiger partial charge in [0.2, 0.25) is 0 Å². The summed E-state index contributed by atoms with van der Waals surface area (Å²) in [6, 6.07) is 10.9. The second kappa shape index (κ2) is 5.44. The topological polar surface area (TPSA) is 71.5 Å². The molecule has 0 saturated heterocycles. The fraction of sp³-hybridized carbons (Fsp3) is 0.118. The third kappa shape index (κ3) is 2.26. The molecule has 2 N–H and O–H groups in total. The van der Waals surface area contributed by atoms with Crippen molar-refractivity contribution in [3.63, 3.8) is 0 Å². The Labute approximate surface area is 127 Å². The van der Waals surface area contributed by atoms with Crippen LogP contribution < -0.4 is 9.47 Å². The first-order valence-corrected chi connectivity index (χ1v) is 6.71. The normalized spacial score (nSPS) is 10.6. The first-order valence-electron chi connectivity index (χ1n) is 6.71. The number of ether oxygens (including phenoxy) is 2. The van der Waals surface area contributed by atoms with Crippen LogP contribution in [0.5, 0.6) is 11.5 Å². The molecule has 0 amide bonds. The Balaban J connectivity index is 2.26. The number of hydrogen-bond donors (Lipinski definition) is 2. The van der Waals surface area contributed by atoms with Gasteiger partial charge in [0.25, 0.3) is 0 Å². The highest BCUT2D eigenvalue weighted by atomic mass is 16.5. The number of methoxy groups -OCH3 is 2. The Kier molecular flexibility index (Phi) is 3.47. The molecule has 0 radical (unpaired) electrons. The van der Waals surface area contributed by atoms with Gasteiger partial charge in [-0.1, -0.05) is 6.07 Å². The number of fused-ring (bicyclic) bond motifs is 1. The van der Waals surface area contributed by atoms with E-state index >= 15 is 0 Å². The molecule has 0 fully saturated rings. The second-order valence-electron chi connectivity index (χ2n) is 4.84. The van der Waals surface area contributed by atoms with Crippen molar-refractivity contribution in [3.8, 4) is 22.6 Å². The standard InChI is InChI=1S/C17H15NO4/c1-21-15-9-12(17(19)20)8-13(16(15)22-2)10-3-4-14-11(7-10)5-6-18-14/h3-9,18H,1-2H3,(H,19,20). The molecule has 0 atom stereocenters. The van der Waals surface area contributed by atoms with Crippen LogP contribution in [0.15, 0.2) is 42.6 Å². The maximum Gasteiger partial charge on any atom is 0.335 e. The molecule has 0 aliphatic heterocycles. The van der Waals surface area contributed by atoms with Gasteiger partial charge in [-0.25, -0.2) is 4.79 Å². The van der Waals surface area contributed by atoms with Crippen LogP contribution in [-0.2, 0) is 0 Å². The van der Waals surface area contributed by atoms with Crippen LogP contribution in [0, 0.1) is 0 Å². The van der Waals surface area contributed by atoms with E-state index in [2.05, 4.69) is 4.98 Å². The minimum Gasteiger partial charge on any atom is -0.493 e. The molecule has 2 aromatic carbocycles. The van der Waals surface area contributed by atoms with E-state index in [1.54, 1.807) is 6.07 Å². The SMILES string of the molecule is COc1cc(C(=O)O)cc(-c2ccc3[nH]ccc3c2)c1OC. The van der Waals surface area contributed by atoms with Crippen molar-refractivity contribution in [2.75, 3.05) is 14.2 Å². The lowest BCUT2D eigenvalue weighted by Gasteiger charge is -2.14. The number of carboxylic acids is 1. The van der Waals surface area contributed by atoms with Gasteiger partial charge >= 0.3 is 5.97 Å². The van der Waals surface area contributed by atoms with Crippen molar-refractivity contribution in [2.45, 2.75) is 0 Å². The monoisotopic (exact) mass is 297 g/mol. The number of aromatic amines is 1. The van der Waals surface area contributed by atoms with Crippen molar-refractivity contribution in [3.05, 3.63) is 48.2 Å². The van der Waals surface area contributed by atoms with E-state index in [1.807, 2.05) is 30.5 Å². The summed E-state index contributed by atoms with van der Waals surface area (Å²) < 4.78 is 10.7. The van der Waals surface area contributed by atoms with E-state index in [9.17, 15) is 9.90 Å². The highest BCUT2D eigenvalue weighted by Gasteiger charge is 2.17. The smallest absolute Gasteiger partial charge is 0.335 e. The van der Waals surface area contributed by atoms with Gasteiger partial charge < -0.3 is 19.6 Å². The van der Waals surface area contributed by atoms with E-state index in [0.717, 1.165) is 16.5 Å². The first-order chi connectivity index (χ1) is 10.6. The van der Waals surface area contributed by atoms with Gasteiger partial charge in [-0.3, -0.25) is 0 Å². The Morgan fingerprint density at radius 1 is 1.09 bits per heavy atom. The molecule has 3 aromatic rings. The number of hydrogen-bond acceptors (Lipinski definition) is 3. The van der Waals surface area contributed by atoms with Gasteiger partial charge in [0.15, 0.2) is 11.5 Å². The molecule has 3 rings (SSSR count). The summed E-state index contributed by atoms with van der Waals surface area (Å²) in [6.07, 6.45) is 1.86. The maximum atomic E-state index is 11.3. The molecule has 0 aliphatic carbocycles. The van der Waals surface area contributed by atoms with Crippen LogP contribution in [0.3, 0.4) is 0 Å². The molecule has 0 unspecified atom stereocenters. The fourth-order valence-corrected chi connectivity index (χ4v) is 2.52. The van der Waals surface area contributed by atoms with Gasteiger partial charge in [-0.2, -0.15) is 0 Å². The second-order valence-corrected chi connectivity index (χ2v) is 4.84. The van der Waals surface area contributed by atoms with Crippen LogP contribution in [-0.4, -0.2) is 30.3 Å². The zero-order valence-corrected chi connectivity index (χ0v) is 12.2. The molecule has 0 saturated carbocycles. The number of carboxylic acid groups (broad SMARTS) is 1. The average Bonchev–Trinajstić information content (AvgIpc) is 3.00. The number of benzene rings is 2. The number of nitrogens with one attached hydrogen (secondary N) is 1. The molecule has 0 aliphatic rings. The predicted octanol–water partition coefficient (Wildman–Crippen LogP) is 3.55. The van der Waals surface area contributed by atoms with E-state index in [4.69, 9.17) is 9.47 Å². The van der Waals surface area contributed by atoms with Gasteiger partial charge in [0.05, 0.1) is 19.8 Å². The van der Waals surface area contributed by atoms with Crippen LogP contribution >= 0.6 is 0 Å². The van der Waals surface area contributed by atoms with Gasteiger partial charge in [-0.15, -0.1) is 0 Å². The summed E-state index contributed by atoms with van der Waals surface area (Å²) in [6.45, 7) is 0. The molecule has 0 spiro atoms. The summed E-state index contributed by atoms with van der Waals surface area (Å²) in [7, 11) is 3.03. The molecule has 22 heavy (non-hydrogen) atoms. The van der Waals surface area contributed by atoms with Crippen molar-refractivity contribution in [1.82, 2.24) is 4.98 Å². The van der Waals surface area contributed by atoms with Crippen molar-refractivity contribution in [2.24, 2.45) is 0 Å². The molecular weight excluding hydrogens is 282 g/mol. The summed E-state index contributed by atoms with van der Waals surface area (Å²) in [5, 5.41) is 10.3. The molecule has 112 valence electrons. The predicted molar refractivity (Wildman–Crippen MR) is 83.8 cm³/mol. The van der Waals surface area contributed by atoms with E-state index in [-0.39, 0.29) is 5.56 Å². The van der Waals surface area contributed by atoms with Crippen LogP contribution in [0.2, 0.25) is 0 Å². The average molecular weight is 297 g/mol. The van der Waals surface area contributed by atoms with Crippen molar-refractivity contribution in [1.29, 1.82) is 0 Å². The molecule has 0 bridgehead atoms. The maximum absolute atomic E-state index is 11.3. The lowest BCUT2D eigenvalue weighted by atomic mass is 10.00. The Bertz CT molecular complexity index is 851. The third-order valence-corrected chi connectivity index (χ3v) is 3.59. The molecule has 5 heteroatoms. The van der Waals surface area contributed by atoms with Gasteiger partial charge in [0.1, 0.15) is 0 Å². The number of carbonyl (C=O) groups is 1. The van der Waals surface area contributed by atoms with E-state index in [0.29, 0.717) is 17.1 Å². The zero-order valence-electron chi connectivity index (χ0n) is 12.2. The minimum atomic E-state index is -1.01. The molecular formula is C17H15NO4. The minimum absolute atomic E-state index is 0.154. The van der Waals surface area contributed by atoms with Crippen molar-refractivity contribution >= 4 is 16.9 Å². The number of aromatic carboxylic acids is 1. The first kappa shape index (κ1) is 14.0. The lowest BCUT2D eigenvalue weighted by Crippen LogP contribution is -2.01. The molecule has 1 aromatic heterocycles. The Morgan fingerprint density at radius 3 is 2.59 bits per heavy atom. The highest BCUT2D eigenvalue weighted by molar-refractivity contribution is 5.93. The lowest BCUT2D eigenvalue weighted by molar-refractivity contribution is 0.0696. The Hall–Kier alpha value is -2.95. The quantitative estimate of drug-likeness (QED) is 0.772. The molecule has 5 nitrogen and oxygen atoms in total. The van der Waals surface area contributed by atoms with Gasteiger partial charge in [0, 0.05) is 17.3 Å². The summed E-state index contributed by atoms with van der Waals surface area (Å²) >= 11 is 0. The number of H-pyrrole nitrogens is 1. The van der Waals surface area contributed by atoms with E-state index < -0.39 is 5.97 Å². The Morgan fingerprint density at radius 2 is 1.91 bits per heavy atom. The van der Waals surface area contributed by atoms with Gasteiger partial charge in [-0.05, 0) is 41.3 Å². The van der Waals surface area contributed by atoms with Crippen LogP contribution in [0.1, 0.15) is 10.4 Å². The third-order valence-electron chi connectivity index (χ3n) is 3.59. The van der Waals surface area contributed by atoms with Crippen molar-refractivity contribution < 1.29 is 19.4 Å². The highest BCUT2D eigenvalue weighted by Crippen LogP contribution is 2.40. The van der Waals surface area contributed by atoms with Crippen LogP contribution in [0.4, 0.5) is 0 Å². The summed E-state index contributed by atoms with van der Waals surface area (Å²) in [5.74, 6) is -0.0983. The fourth-order valence-electron chi connectivity index (χ4n) is 2.52. The summed E-state index contributed by atoms with van der Waals surface area (Å²) in [5.41, 5.74) is 2.72. The largest absolute Gasteiger partial charge is 0.493 e. The summed E-state index contributed by atoms with van der Waals surface area (Å²) in [4.78, 5) is 14.5. The number of aromatic nitrogens is 1. The van der Waals surface area contributed by atoms with E-state index in [1.165, 1.54) is 20.3 Å². The zero-order chi connectivity index (χ0) is 15.7. The molecule has 1 heterocycles. The number of rotatable bonds is 4.